The first kappa shape index (κ1) is 17.7. The van der Waals surface area contributed by atoms with Crippen molar-refractivity contribution < 1.29 is 18.4 Å². The second-order valence-electron chi connectivity index (χ2n) is 5.60. The van der Waals surface area contributed by atoms with Crippen LogP contribution < -0.4 is 5.32 Å². The Bertz CT molecular complexity index is 898. The number of carbonyl (C=O) groups is 1. The van der Waals surface area contributed by atoms with Crippen molar-refractivity contribution in [3.05, 3.63) is 65.6 Å². The van der Waals surface area contributed by atoms with E-state index in [1.807, 2.05) is 6.07 Å². The topological polar surface area (TPSA) is 90.1 Å². The number of methoxy groups -OCH3 is 1. The predicted molar refractivity (Wildman–Crippen MR) is 90.3 cm³/mol. The van der Waals surface area contributed by atoms with Crippen LogP contribution in [0.2, 0.25) is 0 Å². The van der Waals surface area contributed by atoms with E-state index in [1.54, 1.807) is 31.5 Å². The minimum atomic E-state index is -0.784. The molecule has 7 nitrogen and oxygen atoms in total. The summed E-state index contributed by atoms with van der Waals surface area (Å²) in [5, 5.41) is 6.90. The number of aryl methyl sites for hydroxylation is 1. The SMILES string of the molecule is COC(=O)C(NCc1nc(-c2cccnc2)no1)c1ccc(F)c(C)c1. The van der Waals surface area contributed by atoms with Gasteiger partial charge in [0.25, 0.3) is 0 Å². The van der Waals surface area contributed by atoms with Gasteiger partial charge < -0.3 is 9.26 Å². The average molecular weight is 356 g/mol. The summed E-state index contributed by atoms with van der Waals surface area (Å²) in [7, 11) is 1.29. The van der Waals surface area contributed by atoms with E-state index < -0.39 is 12.0 Å². The molecule has 0 fully saturated rings. The molecule has 0 aliphatic carbocycles. The normalized spacial score (nSPS) is 12.0. The summed E-state index contributed by atoms with van der Waals surface area (Å²) < 4.78 is 23.5. The summed E-state index contributed by atoms with van der Waals surface area (Å²) in [6.45, 7) is 1.77. The Morgan fingerprint density at radius 1 is 1.38 bits per heavy atom. The van der Waals surface area contributed by atoms with Gasteiger partial charge in [-0.2, -0.15) is 4.98 Å². The highest BCUT2D eigenvalue weighted by Gasteiger charge is 2.22. The smallest absolute Gasteiger partial charge is 0.327 e. The minimum Gasteiger partial charge on any atom is -0.468 e. The number of aromatic nitrogens is 3. The van der Waals surface area contributed by atoms with Crippen LogP contribution in [0.3, 0.4) is 0 Å². The van der Waals surface area contributed by atoms with Crippen molar-refractivity contribution in [2.45, 2.75) is 19.5 Å². The highest BCUT2D eigenvalue weighted by Crippen LogP contribution is 2.19. The number of benzene rings is 1. The molecule has 1 unspecified atom stereocenters. The number of halogens is 1. The first-order chi connectivity index (χ1) is 12.6. The van der Waals surface area contributed by atoms with Gasteiger partial charge in [-0.3, -0.25) is 10.3 Å². The monoisotopic (exact) mass is 356 g/mol. The number of hydrogen-bond acceptors (Lipinski definition) is 7. The third-order valence-electron chi connectivity index (χ3n) is 3.80. The van der Waals surface area contributed by atoms with Crippen molar-refractivity contribution in [1.29, 1.82) is 0 Å². The molecule has 0 radical (unpaired) electrons. The number of nitrogens with zero attached hydrogens (tertiary/aromatic N) is 3. The quantitative estimate of drug-likeness (QED) is 0.679. The van der Waals surface area contributed by atoms with Gasteiger partial charge in [-0.15, -0.1) is 0 Å². The molecule has 2 aromatic heterocycles. The van der Waals surface area contributed by atoms with Crippen molar-refractivity contribution in [3.63, 3.8) is 0 Å². The fourth-order valence-corrected chi connectivity index (χ4v) is 2.43. The number of nitrogens with one attached hydrogen (secondary N) is 1. The number of pyridine rings is 1. The van der Waals surface area contributed by atoms with Gasteiger partial charge >= 0.3 is 5.97 Å². The molecule has 1 aromatic carbocycles. The molecule has 0 saturated heterocycles. The van der Waals surface area contributed by atoms with Crippen LogP contribution in [-0.2, 0) is 16.1 Å². The van der Waals surface area contributed by atoms with Crippen LogP contribution in [0.15, 0.2) is 47.2 Å². The average Bonchev–Trinajstić information content (AvgIpc) is 3.14. The van der Waals surface area contributed by atoms with Gasteiger partial charge in [-0.1, -0.05) is 17.3 Å². The van der Waals surface area contributed by atoms with E-state index in [0.29, 0.717) is 22.8 Å². The molecular weight excluding hydrogens is 339 g/mol. The third kappa shape index (κ3) is 3.92. The third-order valence-corrected chi connectivity index (χ3v) is 3.80. The van der Waals surface area contributed by atoms with Gasteiger partial charge in [0.2, 0.25) is 11.7 Å². The molecule has 2 heterocycles. The van der Waals surface area contributed by atoms with Crippen LogP contribution in [0.1, 0.15) is 23.1 Å². The zero-order valence-electron chi connectivity index (χ0n) is 14.3. The Morgan fingerprint density at radius 2 is 2.23 bits per heavy atom. The zero-order valence-corrected chi connectivity index (χ0v) is 14.3. The number of carbonyl (C=O) groups excluding carboxylic acids is 1. The second-order valence-corrected chi connectivity index (χ2v) is 5.60. The Labute approximate surface area is 149 Å². The molecule has 3 aromatic rings. The number of rotatable bonds is 6. The molecule has 1 atom stereocenters. The molecule has 0 bridgehead atoms. The van der Waals surface area contributed by atoms with Crippen LogP contribution in [0, 0.1) is 12.7 Å². The summed E-state index contributed by atoms with van der Waals surface area (Å²) in [6, 6.07) is 7.25. The first-order valence-electron chi connectivity index (χ1n) is 7.88. The standard InChI is InChI=1S/C18H17FN4O3/c1-11-8-12(5-6-14(11)19)16(18(24)25-2)21-10-15-22-17(23-26-15)13-4-3-7-20-9-13/h3-9,16,21H,10H2,1-2H3. The van der Waals surface area contributed by atoms with Crippen LogP contribution in [0.5, 0.6) is 0 Å². The van der Waals surface area contributed by atoms with Crippen molar-refractivity contribution in [2.75, 3.05) is 7.11 Å². The summed E-state index contributed by atoms with van der Waals surface area (Å²) in [4.78, 5) is 20.4. The van der Waals surface area contributed by atoms with Crippen molar-refractivity contribution in [3.8, 4) is 11.4 Å². The molecule has 0 spiro atoms. The van der Waals surface area contributed by atoms with E-state index in [2.05, 4.69) is 20.4 Å². The molecule has 134 valence electrons. The van der Waals surface area contributed by atoms with Gasteiger partial charge in [0, 0.05) is 18.0 Å². The summed E-state index contributed by atoms with van der Waals surface area (Å²) in [5.74, 6) is -0.128. The van der Waals surface area contributed by atoms with E-state index >= 15 is 0 Å². The number of hydrogen-bond donors (Lipinski definition) is 1. The number of ether oxygens (including phenoxy) is 1. The number of esters is 1. The molecule has 0 aliphatic heterocycles. The molecule has 3 rings (SSSR count). The van der Waals surface area contributed by atoms with E-state index in [4.69, 9.17) is 9.26 Å². The lowest BCUT2D eigenvalue weighted by Gasteiger charge is -2.16. The molecule has 0 amide bonds. The maximum absolute atomic E-state index is 13.5. The second kappa shape index (κ2) is 7.83. The fourth-order valence-electron chi connectivity index (χ4n) is 2.43. The molecule has 0 saturated carbocycles. The van der Waals surface area contributed by atoms with Crippen LogP contribution in [-0.4, -0.2) is 28.2 Å². The first-order valence-corrected chi connectivity index (χ1v) is 7.88. The largest absolute Gasteiger partial charge is 0.468 e. The molecule has 8 heteroatoms. The molecule has 0 aliphatic rings. The maximum Gasteiger partial charge on any atom is 0.327 e. The molecular formula is C18H17FN4O3. The van der Waals surface area contributed by atoms with E-state index in [0.717, 1.165) is 5.56 Å². The highest BCUT2D eigenvalue weighted by atomic mass is 19.1. The van der Waals surface area contributed by atoms with Crippen molar-refractivity contribution >= 4 is 5.97 Å². The van der Waals surface area contributed by atoms with Crippen LogP contribution in [0.25, 0.3) is 11.4 Å². The lowest BCUT2D eigenvalue weighted by molar-refractivity contribution is -0.143. The predicted octanol–water partition coefficient (Wildman–Crippen LogP) is 2.58. The minimum absolute atomic E-state index is 0.142. The molecule has 1 N–H and O–H groups in total. The summed E-state index contributed by atoms with van der Waals surface area (Å²) >= 11 is 0. The Morgan fingerprint density at radius 3 is 2.92 bits per heavy atom. The van der Waals surface area contributed by atoms with E-state index in [-0.39, 0.29) is 12.4 Å². The lowest BCUT2D eigenvalue weighted by atomic mass is 10.0. The van der Waals surface area contributed by atoms with E-state index in [9.17, 15) is 9.18 Å². The van der Waals surface area contributed by atoms with Gasteiger partial charge in [0.15, 0.2) is 0 Å². The van der Waals surface area contributed by atoms with Gasteiger partial charge in [0.1, 0.15) is 11.9 Å². The Kier molecular flexibility index (Phi) is 5.33. The summed E-state index contributed by atoms with van der Waals surface area (Å²) in [6.07, 6.45) is 3.28. The van der Waals surface area contributed by atoms with Crippen LogP contribution in [0.4, 0.5) is 4.39 Å². The van der Waals surface area contributed by atoms with Gasteiger partial charge in [-0.25, -0.2) is 9.18 Å². The zero-order chi connectivity index (χ0) is 18.5. The van der Waals surface area contributed by atoms with E-state index in [1.165, 1.54) is 19.2 Å². The lowest BCUT2D eigenvalue weighted by Crippen LogP contribution is -2.29. The van der Waals surface area contributed by atoms with Crippen molar-refractivity contribution in [2.24, 2.45) is 0 Å². The Hall–Kier alpha value is -3.13. The fraction of sp³-hybridized carbons (Fsp3) is 0.222. The summed E-state index contributed by atoms with van der Waals surface area (Å²) in [5.41, 5.74) is 1.75. The van der Waals surface area contributed by atoms with Crippen LogP contribution >= 0.6 is 0 Å². The maximum atomic E-state index is 13.5. The highest BCUT2D eigenvalue weighted by molar-refractivity contribution is 5.77. The Balaban J connectivity index is 1.75. The van der Waals surface area contributed by atoms with Crippen molar-refractivity contribution in [1.82, 2.24) is 20.4 Å². The van der Waals surface area contributed by atoms with Gasteiger partial charge in [-0.05, 0) is 36.2 Å². The molecule has 26 heavy (non-hydrogen) atoms. The van der Waals surface area contributed by atoms with Gasteiger partial charge in [0.05, 0.1) is 13.7 Å².